The fourth-order valence-corrected chi connectivity index (χ4v) is 2.83. The van der Waals surface area contributed by atoms with E-state index in [0.29, 0.717) is 6.04 Å². The van der Waals surface area contributed by atoms with E-state index < -0.39 is 5.54 Å². The van der Waals surface area contributed by atoms with Crippen molar-refractivity contribution in [3.8, 4) is 5.75 Å². The maximum Gasteiger partial charge on any atom is 0.315 e. The van der Waals surface area contributed by atoms with Gasteiger partial charge in [0.05, 0.1) is 12.6 Å². The highest BCUT2D eigenvalue weighted by molar-refractivity contribution is 5.75. The van der Waals surface area contributed by atoms with Gasteiger partial charge in [0.2, 0.25) is 0 Å². The van der Waals surface area contributed by atoms with Gasteiger partial charge in [-0.2, -0.15) is 0 Å². The lowest BCUT2D eigenvalue weighted by molar-refractivity contribution is 0.222. The molecule has 116 valence electrons. The molecule has 21 heavy (non-hydrogen) atoms. The van der Waals surface area contributed by atoms with Crippen LogP contribution in [0.4, 0.5) is 4.79 Å². The van der Waals surface area contributed by atoms with Crippen LogP contribution < -0.4 is 15.4 Å². The summed E-state index contributed by atoms with van der Waals surface area (Å²) >= 11 is 0. The van der Waals surface area contributed by atoms with Crippen LogP contribution in [0.15, 0.2) is 24.3 Å². The van der Waals surface area contributed by atoms with Gasteiger partial charge >= 0.3 is 6.03 Å². The molecule has 2 N–H and O–H groups in total. The average molecular weight is 290 g/mol. The van der Waals surface area contributed by atoms with E-state index in [1.54, 1.807) is 7.11 Å². The number of urea groups is 1. The van der Waals surface area contributed by atoms with E-state index in [0.717, 1.165) is 24.2 Å². The van der Waals surface area contributed by atoms with Crippen LogP contribution in [-0.4, -0.2) is 19.2 Å². The Labute approximate surface area is 127 Å². The summed E-state index contributed by atoms with van der Waals surface area (Å²) in [7, 11) is 1.65. The van der Waals surface area contributed by atoms with Gasteiger partial charge in [-0.05, 0) is 44.4 Å². The number of rotatable bonds is 4. The second-order valence-electron chi connectivity index (χ2n) is 6.29. The Hall–Kier alpha value is -1.71. The molecular formula is C17H26N2O2. The number of hydrogen-bond donors (Lipinski definition) is 2. The molecule has 2 rings (SSSR count). The fraction of sp³-hybridized carbons (Fsp3) is 0.588. The quantitative estimate of drug-likeness (QED) is 0.890. The van der Waals surface area contributed by atoms with Crippen LogP contribution in [0.5, 0.6) is 5.75 Å². The Morgan fingerprint density at radius 1 is 1.14 bits per heavy atom. The van der Waals surface area contributed by atoms with Crippen LogP contribution >= 0.6 is 0 Å². The highest BCUT2D eigenvalue weighted by Gasteiger charge is 2.24. The van der Waals surface area contributed by atoms with Gasteiger partial charge in [-0.15, -0.1) is 0 Å². The molecule has 0 bridgehead atoms. The number of carbonyl (C=O) groups excluding carboxylic acids is 1. The van der Waals surface area contributed by atoms with Gasteiger partial charge in [0, 0.05) is 6.04 Å². The smallest absolute Gasteiger partial charge is 0.315 e. The standard InChI is InChI=1S/C17H26N2O2/c1-17(2,13-9-11-15(21-3)12-10-13)19-16(20)18-14-7-5-4-6-8-14/h9-12,14H,4-8H2,1-3H3,(H2,18,19,20). The normalized spacial score (nSPS) is 16.3. The van der Waals surface area contributed by atoms with E-state index in [-0.39, 0.29) is 6.03 Å². The highest BCUT2D eigenvalue weighted by atomic mass is 16.5. The largest absolute Gasteiger partial charge is 0.497 e. The van der Waals surface area contributed by atoms with E-state index >= 15 is 0 Å². The number of carbonyl (C=O) groups is 1. The number of ether oxygens (including phenoxy) is 1. The Kier molecular flexibility index (Phi) is 5.10. The van der Waals surface area contributed by atoms with Gasteiger partial charge in [0.15, 0.2) is 0 Å². The molecule has 0 aromatic heterocycles. The molecule has 0 saturated heterocycles. The van der Waals surface area contributed by atoms with Crippen molar-refractivity contribution < 1.29 is 9.53 Å². The molecule has 4 heteroatoms. The first-order valence-corrected chi connectivity index (χ1v) is 7.74. The SMILES string of the molecule is COc1ccc(C(C)(C)NC(=O)NC2CCCCC2)cc1. The minimum atomic E-state index is -0.412. The summed E-state index contributed by atoms with van der Waals surface area (Å²) in [4.78, 5) is 12.2. The van der Waals surface area contributed by atoms with Gasteiger partial charge in [0.1, 0.15) is 5.75 Å². The number of hydrogen-bond acceptors (Lipinski definition) is 2. The van der Waals surface area contributed by atoms with E-state index in [9.17, 15) is 4.79 Å². The topological polar surface area (TPSA) is 50.4 Å². The molecular weight excluding hydrogens is 264 g/mol. The third-order valence-electron chi connectivity index (χ3n) is 4.18. The van der Waals surface area contributed by atoms with Crippen LogP contribution in [0.1, 0.15) is 51.5 Å². The second kappa shape index (κ2) is 6.83. The predicted octanol–water partition coefficient (Wildman–Crippen LogP) is 3.56. The summed E-state index contributed by atoms with van der Waals surface area (Å²) in [6.07, 6.45) is 5.91. The van der Waals surface area contributed by atoms with Gasteiger partial charge in [-0.25, -0.2) is 4.79 Å². The van der Waals surface area contributed by atoms with E-state index in [2.05, 4.69) is 10.6 Å². The Morgan fingerprint density at radius 3 is 2.33 bits per heavy atom. The second-order valence-corrected chi connectivity index (χ2v) is 6.29. The third-order valence-corrected chi connectivity index (χ3v) is 4.18. The summed E-state index contributed by atoms with van der Waals surface area (Å²) in [6, 6.07) is 8.04. The van der Waals surface area contributed by atoms with E-state index in [1.165, 1.54) is 19.3 Å². The summed E-state index contributed by atoms with van der Waals surface area (Å²) < 4.78 is 5.16. The molecule has 0 radical (unpaired) electrons. The molecule has 0 atom stereocenters. The zero-order chi connectivity index (χ0) is 15.3. The molecule has 1 aliphatic rings. The third kappa shape index (κ3) is 4.38. The zero-order valence-corrected chi connectivity index (χ0v) is 13.2. The first-order chi connectivity index (χ1) is 10.0. The maximum absolute atomic E-state index is 12.2. The van der Waals surface area contributed by atoms with E-state index in [1.807, 2.05) is 38.1 Å². The van der Waals surface area contributed by atoms with Crippen molar-refractivity contribution in [3.63, 3.8) is 0 Å². The lowest BCUT2D eigenvalue weighted by atomic mass is 9.94. The molecule has 4 nitrogen and oxygen atoms in total. The molecule has 1 aromatic carbocycles. The average Bonchev–Trinajstić information content (AvgIpc) is 2.47. The number of methoxy groups -OCH3 is 1. The summed E-state index contributed by atoms with van der Waals surface area (Å²) in [5, 5.41) is 6.16. The first-order valence-electron chi connectivity index (χ1n) is 7.74. The molecule has 0 unspecified atom stereocenters. The van der Waals surface area contributed by atoms with Crippen molar-refractivity contribution in [2.75, 3.05) is 7.11 Å². The minimum Gasteiger partial charge on any atom is -0.497 e. The van der Waals surface area contributed by atoms with Crippen LogP contribution in [0.2, 0.25) is 0 Å². The van der Waals surface area contributed by atoms with Gasteiger partial charge < -0.3 is 15.4 Å². The van der Waals surface area contributed by atoms with Crippen molar-refractivity contribution in [1.82, 2.24) is 10.6 Å². The van der Waals surface area contributed by atoms with Crippen LogP contribution in [0.25, 0.3) is 0 Å². The Bertz CT molecular complexity index is 462. The molecule has 0 heterocycles. The molecule has 2 amide bonds. The Morgan fingerprint density at radius 2 is 1.76 bits per heavy atom. The maximum atomic E-state index is 12.2. The number of benzene rings is 1. The first kappa shape index (κ1) is 15.7. The zero-order valence-electron chi connectivity index (χ0n) is 13.2. The highest BCUT2D eigenvalue weighted by Crippen LogP contribution is 2.23. The van der Waals surface area contributed by atoms with Gasteiger partial charge in [0.25, 0.3) is 0 Å². The Balaban J connectivity index is 1.93. The van der Waals surface area contributed by atoms with Crippen LogP contribution in [0, 0.1) is 0 Å². The van der Waals surface area contributed by atoms with Crippen LogP contribution in [0.3, 0.4) is 0 Å². The molecule has 0 aliphatic heterocycles. The molecule has 1 aliphatic carbocycles. The predicted molar refractivity (Wildman–Crippen MR) is 84.6 cm³/mol. The monoisotopic (exact) mass is 290 g/mol. The fourth-order valence-electron chi connectivity index (χ4n) is 2.83. The summed E-state index contributed by atoms with van der Waals surface area (Å²) in [6.45, 7) is 4.02. The molecule has 1 aromatic rings. The molecule has 1 saturated carbocycles. The van der Waals surface area contributed by atoms with Crippen molar-refractivity contribution >= 4 is 6.03 Å². The molecule has 0 spiro atoms. The van der Waals surface area contributed by atoms with Crippen LogP contribution in [-0.2, 0) is 5.54 Å². The lowest BCUT2D eigenvalue weighted by Gasteiger charge is -2.29. The summed E-state index contributed by atoms with van der Waals surface area (Å²) in [5.41, 5.74) is 0.646. The van der Waals surface area contributed by atoms with Crippen molar-refractivity contribution in [2.24, 2.45) is 0 Å². The van der Waals surface area contributed by atoms with Gasteiger partial charge in [-0.3, -0.25) is 0 Å². The van der Waals surface area contributed by atoms with Crippen molar-refractivity contribution in [3.05, 3.63) is 29.8 Å². The lowest BCUT2D eigenvalue weighted by Crippen LogP contribution is -2.49. The molecule has 1 fully saturated rings. The summed E-state index contributed by atoms with van der Waals surface area (Å²) in [5.74, 6) is 0.821. The number of nitrogens with one attached hydrogen (secondary N) is 2. The number of amides is 2. The minimum absolute atomic E-state index is 0.0808. The van der Waals surface area contributed by atoms with E-state index in [4.69, 9.17) is 4.74 Å². The van der Waals surface area contributed by atoms with Crippen molar-refractivity contribution in [2.45, 2.75) is 57.5 Å². The van der Waals surface area contributed by atoms with Gasteiger partial charge in [-0.1, -0.05) is 31.4 Å². The van der Waals surface area contributed by atoms with Crippen molar-refractivity contribution in [1.29, 1.82) is 0 Å².